The van der Waals surface area contributed by atoms with Gasteiger partial charge in [-0.05, 0) is 25.0 Å². The number of nitrogens with zero attached hydrogens (tertiary/aromatic N) is 3. The number of hydrogen-bond acceptors (Lipinski definition) is 5. The number of nitro groups is 1. The fraction of sp³-hybridized carbons (Fsp3) is 0.500. The minimum absolute atomic E-state index is 0.0674. The molecule has 8 nitrogen and oxygen atoms in total. The molecule has 0 atom stereocenters. The van der Waals surface area contributed by atoms with Crippen molar-refractivity contribution in [2.75, 3.05) is 31.6 Å². The van der Waals surface area contributed by atoms with E-state index < -0.39 is 40.8 Å². The van der Waals surface area contributed by atoms with E-state index >= 15 is 0 Å². The number of carbonyl (C=O) groups excluding carboxylic acids is 1. The van der Waals surface area contributed by atoms with Crippen LogP contribution >= 0.6 is 0 Å². The number of halogens is 3. The maximum absolute atomic E-state index is 12.8. The maximum Gasteiger partial charge on any atom is 0.416 e. The number of carboxylic acid groups (broad SMARTS) is 1. The quantitative estimate of drug-likeness (QED) is 0.613. The first kappa shape index (κ1) is 20.5. The van der Waals surface area contributed by atoms with Crippen LogP contribution in [0.5, 0.6) is 0 Å². The Morgan fingerprint density at radius 3 is 2.41 bits per heavy atom. The van der Waals surface area contributed by atoms with Crippen molar-refractivity contribution in [3.63, 3.8) is 0 Å². The van der Waals surface area contributed by atoms with Crippen LogP contribution in [-0.4, -0.2) is 53.5 Å². The zero-order valence-corrected chi connectivity index (χ0v) is 14.4. The molecular weight excluding hydrogens is 371 g/mol. The Balaban J connectivity index is 2.13. The SMILES string of the molecule is CN(CC(=O)O)C(=O)C1CCN(c2ccc(C(F)(F)F)cc2[N+](=O)[O-])CC1. The molecule has 1 saturated heterocycles. The molecule has 1 fully saturated rings. The van der Waals surface area contributed by atoms with E-state index in [2.05, 4.69) is 0 Å². The minimum atomic E-state index is -4.68. The van der Waals surface area contributed by atoms with Gasteiger partial charge < -0.3 is 14.9 Å². The molecule has 0 aliphatic carbocycles. The number of aliphatic carboxylic acids is 1. The lowest BCUT2D eigenvalue weighted by molar-refractivity contribution is -0.384. The van der Waals surface area contributed by atoms with Crippen LogP contribution in [0, 0.1) is 16.0 Å². The first-order valence-corrected chi connectivity index (χ1v) is 8.08. The predicted molar refractivity (Wildman–Crippen MR) is 88.3 cm³/mol. The number of hydrogen-bond donors (Lipinski definition) is 1. The Bertz CT molecular complexity index is 745. The molecule has 1 aromatic rings. The van der Waals surface area contributed by atoms with Gasteiger partial charge in [-0.3, -0.25) is 19.7 Å². The van der Waals surface area contributed by atoms with Gasteiger partial charge in [0.2, 0.25) is 5.91 Å². The van der Waals surface area contributed by atoms with Crippen LogP contribution in [0.4, 0.5) is 24.5 Å². The number of carbonyl (C=O) groups is 2. The number of benzene rings is 1. The summed E-state index contributed by atoms with van der Waals surface area (Å²) < 4.78 is 38.4. The Hall–Kier alpha value is -2.85. The summed E-state index contributed by atoms with van der Waals surface area (Å²) in [4.78, 5) is 35.9. The van der Waals surface area contributed by atoms with Gasteiger partial charge in [0.1, 0.15) is 12.2 Å². The normalized spacial score (nSPS) is 15.5. The molecule has 0 radical (unpaired) electrons. The number of alkyl halides is 3. The van der Waals surface area contributed by atoms with Gasteiger partial charge >= 0.3 is 12.1 Å². The Kier molecular flexibility index (Phi) is 5.91. The Morgan fingerprint density at radius 2 is 1.93 bits per heavy atom. The third-order valence-electron chi connectivity index (χ3n) is 4.43. The van der Waals surface area contributed by atoms with Gasteiger partial charge in [-0.25, -0.2) is 0 Å². The molecule has 148 valence electrons. The van der Waals surface area contributed by atoms with E-state index in [-0.39, 0.29) is 24.7 Å². The number of carboxylic acids is 1. The molecule has 0 unspecified atom stereocenters. The average Bonchev–Trinajstić information content (AvgIpc) is 2.59. The Labute approximate surface area is 152 Å². The summed E-state index contributed by atoms with van der Waals surface area (Å²) in [6, 6.07) is 2.37. The molecule has 0 spiro atoms. The summed E-state index contributed by atoms with van der Waals surface area (Å²) in [5.74, 6) is -1.90. The largest absolute Gasteiger partial charge is 0.480 e. The van der Waals surface area contributed by atoms with Crippen molar-refractivity contribution in [3.05, 3.63) is 33.9 Å². The van der Waals surface area contributed by atoms with E-state index in [0.717, 1.165) is 17.0 Å². The second-order valence-corrected chi connectivity index (χ2v) is 6.31. The van der Waals surface area contributed by atoms with Gasteiger partial charge in [0.05, 0.1) is 10.5 Å². The van der Waals surface area contributed by atoms with Crippen LogP contribution in [0.3, 0.4) is 0 Å². The topological polar surface area (TPSA) is 104 Å². The third kappa shape index (κ3) is 4.86. The lowest BCUT2D eigenvalue weighted by atomic mass is 9.94. The monoisotopic (exact) mass is 389 g/mol. The Morgan fingerprint density at radius 1 is 1.33 bits per heavy atom. The fourth-order valence-corrected chi connectivity index (χ4v) is 3.07. The summed E-state index contributed by atoms with van der Waals surface area (Å²) in [7, 11) is 1.38. The molecule has 1 aliphatic heterocycles. The standard InChI is InChI=1S/C16H18F3N3O5/c1-20(9-14(23)24)15(25)10-4-6-21(7-5-10)12-3-2-11(16(17,18)19)8-13(12)22(26)27/h2-3,8,10H,4-7,9H2,1H3,(H,23,24). The molecule has 0 saturated carbocycles. The van der Waals surface area contributed by atoms with Crippen LogP contribution < -0.4 is 4.90 Å². The van der Waals surface area contributed by atoms with Gasteiger partial charge in [0.25, 0.3) is 5.69 Å². The van der Waals surface area contributed by atoms with E-state index in [0.29, 0.717) is 18.9 Å². The highest BCUT2D eigenvalue weighted by Crippen LogP contribution is 2.37. The number of anilines is 1. The molecule has 27 heavy (non-hydrogen) atoms. The molecule has 1 heterocycles. The summed E-state index contributed by atoms with van der Waals surface area (Å²) in [6.07, 6.45) is -4.04. The van der Waals surface area contributed by atoms with Crippen LogP contribution in [0.1, 0.15) is 18.4 Å². The van der Waals surface area contributed by atoms with Gasteiger partial charge in [-0.2, -0.15) is 13.2 Å². The lowest BCUT2D eigenvalue weighted by Gasteiger charge is -2.34. The van der Waals surface area contributed by atoms with Crippen LogP contribution in [0.2, 0.25) is 0 Å². The molecule has 1 amide bonds. The van der Waals surface area contributed by atoms with E-state index in [1.807, 2.05) is 0 Å². The van der Waals surface area contributed by atoms with E-state index in [1.54, 1.807) is 4.90 Å². The van der Waals surface area contributed by atoms with Crippen molar-refractivity contribution >= 4 is 23.3 Å². The van der Waals surface area contributed by atoms with Crippen molar-refractivity contribution in [1.82, 2.24) is 4.90 Å². The smallest absolute Gasteiger partial charge is 0.416 e. The van der Waals surface area contributed by atoms with E-state index in [1.165, 1.54) is 7.05 Å². The molecule has 1 aliphatic rings. The molecule has 1 aromatic carbocycles. The second kappa shape index (κ2) is 7.80. The summed E-state index contributed by atoms with van der Waals surface area (Å²) in [6.45, 7) is 0.0521. The number of amides is 1. The number of likely N-dealkylation sites (N-methyl/N-ethyl adjacent to an activating group) is 1. The van der Waals surface area contributed by atoms with Gasteiger partial charge in [-0.1, -0.05) is 0 Å². The first-order valence-electron chi connectivity index (χ1n) is 8.08. The van der Waals surface area contributed by atoms with Crippen LogP contribution in [0.15, 0.2) is 18.2 Å². The molecule has 0 aromatic heterocycles. The zero-order valence-electron chi connectivity index (χ0n) is 14.4. The summed E-state index contributed by atoms with van der Waals surface area (Å²) in [5, 5.41) is 19.9. The highest BCUT2D eigenvalue weighted by Gasteiger charge is 2.35. The number of nitro benzene ring substituents is 1. The fourth-order valence-electron chi connectivity index (χ4n) is 3.07. The first-order chi connectivity index (χ1) is 12.5. The summed E-state index contributed by atoms with van der Waals surface area (Å²) in [5.41, 5.74) is -1.67. The van der Waals surface area contributed by atoms with Gasteiger partial charge in [0.15, 0.2) is 0 Å². The van der Waals surface area contributed by atoms with E-state index in [9.17, 15) is 32.9 Å². The maximum atomic E-state index is 12.8. The van der Waals surface area contributed by atoms with Gasteiger partial charge in [0, 0.05) is 32.1 Å². The van der Waals surface area contributed by atoms with Crippen LogP contribution in [0.25, 0.3) is 0 Å². The highest BCUT2D eigenvalue weighted by atomic mass is 19.4. The molecule has 2 rings (SSSR count). The predicted octanol–water partition coefficient (Wildman–Crippen LogP) is 2.37. The number of rotatable bonds is 5. The number of piperidine rings is 1. The van der Waals surface area contributed by atoms with Crippen LogP contribution in [-0.2, 0) is 15.8 Å². The lowest BCUT2D eigenvalue weighted by Crippen LogP contribution is -2.42. The van der Waals surface area contributed by atoms with E-state index in [4.69, 9.17) is 5.11 Å². The zero-order chi connectivity index (χ0) is 20.4. The van der Waals surface area contributed by atoms with Crippen molar-refractivity contribution in [3.8, 4) is 0 Å². The van der Waals surface area contributed by atoms with Crippen molar-refractivity contribution in [1.29, 1.82) is 0 Å². The molecule has 1 N–H and O–H groups in total. The van der Waals surface area contributed by atoms with Gasteiger partial charge in [-0.15, -0.1) is 0 Å². The van der Waals surface area contributed by atoms with Crippen molar-refractivity contribution < 1.29 is 32.8 Å². The highest BCUT2D eigenvalue weighted by molar-refractivity contribution is 5.83. The average molecular weight is 389 g/mol. The minimum Gasteiger partial charge on any atom is -0.480 e. The second-order valence-electron chi connectivity index (χ2n) is 6.31. The molecule has 0 bridgehead atoms. The van der Waals surface area contributed by atoms with Crippen molar-refractivity contribution in [2.45, 2.75) is 19.0 Å². The third-order valence-corrected chi connectivity index (χ3v) is 4.43. The van der Waals surface area contributed by atoms with Crippen molar-refractivity contribution in [2.24, 2.45) is 5.92 Å². The molecular formula is C16H18F3N3O5. The summed E-state index contributed by atoms with van der Waals surface area (Å²) >= 11 is 0. The molecule has 11 heteroatoms.